The second kappa shape index (κ2) is 8.15. The fourth-order valence-electron chi connectivity index (χ4n) is 2.95. The van der Waals surface area contributed by atoms with Gasteiger partial charge in [0.25, 0.3) is 5.56 Å². The van der Waals surface area contributed by atoms with Gasteiger partial charge in [-0.2, -0.15) is 5.10 Å². The molecule has 1 heterocycles. The third-order valence-corrected chi connectivity index (χ3v) is 4.31. The Morgan fingerprint density at radius 1 is 1.04 bits per heavy atom. The number of hydrogen-bond acceptors (Lipinski definition) is 4. The van der Waals surface area contributed by atoms with Gasteiger partial charge >= 0.3 is 0 Å². The molecule has 3 rings (SSSR count). The van der Waals surface area contributed by atoms with Crippen molar-refractivity contribution in [1.29, 1.82) is 0 Å². The Morgan fingerprint density at radius 2 is 1.73 bits per heavy atom. The van der Waals surface area contributed by atoms with Gasteiger partial charge in [0.1, 0.15) is 5.75 Å². The molecule has 136 valence electrons. The van der Waals surface area contributed by atoms with E-state index >= 15 is 0 Å². The summed E-state index contributed by atoms with van der Waals surface area (Å²) in [5.41, 5.74) is 2.03. The highest BCUT2D eigenvalue weighted by molar-refractivity contribution is 5.83. The third kappa shape index (κ3) is 4.11. The van der Waals surface area contributed by atoms with Gasteiger partial charge in [-0.25, -0.2) is 4.68 Å². The summed E-state index contributed by atoms with van der Waals surface area (Å²) in [5.74, 6) is 0.866. The van der Waals surface area contributed by atoms with E-state index in [0.717, 1.165) is 34.3 Å². The van der Waals surface area contributed by atoms with Crippen LogP contribution >= 0.6 is 0 Å². The van der Waals surface area contributed by atoms with Gasteiger partial charge in [0.15, 0.2) is 0 Å². The molecule has 0 N–H and O–H groups in total. The predicted molar refractivity (Wildman–Crippen MR) is 105 cm³/mol. The number of likely N-dealkylation sites (N-methyl/N-ethyl adjacent to an activating group) is 1. The van der Waals surface area contributed by atoms with Crippen LogP contribution in [0.5, 0.6) is 5.75 Å². The molecule has 5 nitrogen and oxygen atoms in total. The molecule has 2 aromatic carbocycles. The largest absolute Gasteiger partial charge is 0.494 e. The molecule has 0 saturated heterocycles. The van der Waals surface area contributed by atoms with Gasteiger partial charge in [-0.3, -0.25) is 4.79 Å². The van der Waals surface area contributed by atoms with Crippen molar-refractivity contribution in [2.45, 2.75) is 19.9 Å². The van der Waals surface area contributed by atoms with Crippen LogP contribution in [0.2, 0.25) is 0 Å². The number of rotatable bonds is 7. The van der Waals surface area contributed by atoms with Gasteiger partial charge in [0.2, 0.25) is 0 Å². The zero-order valence-electron chi connectivity index (χ0n) is 15.6. The number of aromatic nitrogens is 2. The molecule has 0 aliphatic carbocycles. The summed E-state index contributed by atoms with van der Waals surface area (Å²) in [6.45, 7) is 3.98. The Balaban J connectivity index is 1.98. The lowest BCUT2D eigenvalue weighted by atomic mass is 10.0. The van der Waals surface area contributed by atoms with E-state index < -0.39 is 0 Å². The molecule has 0 amide bonds. The van der Waals surface area contributed by atoms with Crippen molar-refractivity contribution in [3.05, 3.63) is 70.1 Å². The molecule has 3 aromatic rings. The maximum absolute atomic E-state index is 12.7. The Labute approximate surface area is 153 Å². The van der Waals surface area contributed by atoms with Crippen LogP contribution < -0.4 is 10.3 Å². The molecule has 0 unspecified atom stereocenters. The summed E-state index contributed by atoms with van der Waals surface area (Å²) in [7, 11) is 3.99. The Kier molecular flexibility index (Phi) is 5.68. The zero-order chi connectivity index (χ0) is 18.5. The summed E-state index contributed by atoms with van der Waals surface area (Å²) in [4.78, 5) is 14.8. The fourth-order valence-corrected chi connectivity index (χ4v) is 2.95. The maximum atomic E-state index is 12.7. The molecule has 0 atom stereocenters. The molecule has 0 aliphatic rings. The van der Waals surface area contributed by atoms with Crippen molar-refractivity contribution >= 4 is 10.8 Å². The lowest BCUT2D eigenvalue weighted by Gasteiger charge is -2.14. The number of nitrogens with zero attached hydrogens (tertiary/aromatic N) is 3. The molecular formula is C21H25N3O2. The summed E-state index contributed by atoms with van der Waals surface area (Å²) in [5, 5.41) is 6.32. The topological polar surface area (TPSA) is 47.4 Å². The van der Waals surface area contributed by atoms with Crippen LogP contribution in [-0.4, -0.2) is 41.9 Å². The van der Waals surface area contributed by atoms with Crippen LogP contribution in [0.25, 0.3) is 10.8 Å². The minimum absolute atomic E-state index is 0.0297. The summed E-state index contributed by atoms with van der Waals surface area (Å²) in [6, 6.07) is 15.8. The first-order valence-corrected chi connectivity index (χ1v) is 8.93. The first kappa shape index (κ1) is 18.1. The Bertz CT molecular complexity index is 930. The normalized spacial score (nSPS) is 11.2. The molecular weight excluding hydrogens is 326 g/mol. The van der Waals surface area contributed by atoms with Gasteiger partial charge in [-0.1, -0.05) is 30.3 Å². The van der Waals surface area contributed by atoms with Crippen molar-refractivity contribution in [2.24, 2.45) is 0 Å². The first-order valence-electron chi connectivity index (χ1n) is 8.93. The molecule has 0 saturated carbocycles. The third-order valence-electron chi connectivity index (χ3n) is 4.31. The number of benzene rings is 2. The molecule has 0 aliphatic heterocycles. The molecule has 0 radical (unpaired) electrons. The molecule has 0 spiro atoms. The summed E-state index contributed by atoms with van der Waals surface area (Å²) in [6.07, 6.45) is 0.676. The highest BCUT2D eigenvalue weighted by Gasteiger charge is 2.11. The zero-order valence-corrected chi connectivity index (χ0v) is 15.6. The van der Waals surface area contributed by atoms with E-state index in [-0.39, 0.29) is 5.56 Å². The average Bonchev–Trinajstić information content (AvgIpc) is 2.65. The second-order valence-electron chi connectivity index (χ2n) is 6.58. The molecule has 0 fully saturated rings. The number of hydrogen-bond donors (Lipinski definition) is 0. The molecule has 5 heteroatoms. The highest BCUT2D eigenvalue weighted by atomic mass is 16.5. The van der Waals surface area contributed by atoms with Crippen LogP contribution in [0.1, 0.15) is 18.2 Å². The van der Waals surface area contributed by atoms with Crippen molar-refractivity contribution in [3.63, 3.8) is 0 Å². The summed E-state index contributed by atoms with van der Waals surface area (Å²) < 4.78 is 7.09. The fraction of sp³-hybridized carbons (Fsp3) is 0.333. The standard InChI is InChI=1S/C21H25N3O2/c1-4-26-17-11-9-16(10-12-17)15-20-18-7-5-6-8-19(18)21(25)24(22-20)14-13-23(2)3/h5-12H,4,13-15H2,1-3H3. The molecule has 0 bridgehead atoms. The van der Waals surface area contributed by atoms with E-state index in [1.165, 1.54) is 0 Å². The monoisotopic (exact) mass is 351 g/mol. The predicted octanol–water partition coefficient (Wildman–Crippen LogP) is 2.95. The second-order valence-corrected chi connectivity index (χ2v) is 6.58. The van der Waals surface area contributed by atoms with Crippen molar-refractivity contribution in [1.82, 2.24) is 14.7 Å². The van der Waals surface area contributed by atoms with Crippen LogP contribution in [0.4, 0.5) is 0 Å². The van der Waals surface area contributed by atoms with E-state index in [0.29, 0.717) is 19.6 Å². The number of ether oxygens (including phenoxy) is 1. The van der Waals surface area contributed by atoms with Crippen molar-refractivity contribution in [3.8, 4) is 5.75 Å². The molecule has 1 aromatic heterocycles. The smallest absolute Gasteiger partial charge is 0.274 e. The van der Waals surface area contributed by atoms with E-state index in [1.54, 1.807) is 4.68 Å². The van der Waals surface area contributed by atoms with Crippen LogP contribution in [0.3, 0.4) is 0 Å². The van der Waals surface area contributed by atoms with Gasteiger partial charge in [0.05, 0.1) is 24.2 Å². The Morgan fingerprint density at radius 3 is 2.38 bits per heavy atom. The van der Waals surface area contributed by atoms with E-state index in [4.69, 9.17) is 4.74 Å². The average molecular weight is 351 g/mol. The van der Waals surface area contributed by atoms with Gasteiger partial charge < -0.3 is 9.64 Å². The van der Waals surface area contributed by atoms with Crippen LogP contribution in [-0.2, 0) is 13.0 Å². The highest BCUT2D eigenvalue weighted by Crippen LogP contribution is 2.19. The maximum Gasteiger partial charge on any atom is 0.274 e. The SMILES string of the molecule is CCOc1ccc(Cc2nn(CCN(C)C)c(=O)c3ccccc23)cc1. The van der Waals surface area contributed by atoms with Gasteiger partial charge in [0, 0.05) is 18.4 Å². The van der Waals surface area contributed by atoms with E-state index in [1.807, 2.05) is 57.4 Å². The lowest BCUT2D eigenvalue weighted by molar-refractivity contribution is 0.340. The summed E-state index contributed by atoms with van der Waals surface area (Å²) >= 11 is 0. The quantitative estimate of drug-likeness (QED) is 0.657. The van der Waals surface area contributed by atoms with Crippen molar-refractivity contribution in [2.75, 3.05) is 27.2 Å². The lowest BCUT2D eigenvalue weighted by Crippen LogP contribution is -2.29. The van der Waals surface area contributed by atoms with Crippen molar-refractivity contribution < 1.29 is 4.74 Å². The van der Waals surface area contributed by atoms with E-state index in [2.05, 4.69) is 22.1 Å². The van der Waals surface area contributed by atoms with Gasteiger partial charge in [-0.15, -0.1) is 0 Å². The Hall–Kier alpha value is -2.66. The minimum atomic E-state index is -0.0297. The first-order chi connectivity index (χ1) is 12.6. The van der Waals surface area contributed by atoms with Crippen LogP contribution in [0.15, 0.2) is 53.3 Å². The minimum Gasteiger partial charge on any atom is -0.494 e. The van der Waals surface area contributed by atoms with E-state index in [9.17, 15) is 4.79 Å². The molecule has 26 heavy (non-hydrogen) atoms. The van der Waals surface area contributed by atoms with Gasteiger partial charge in [-0.05, 0) is 44.8 Å². The number of fused-ring (bicyclic) bond motifs is 1. The van der Waals surface area contributed by atoms with Crippen LogP contribution in [0, 0.1) is 0 Å².